The Morgan fingerprint density at radius 1 is 1.00 bits per heavy atom. The van der Waals surface area contributed by atoms with Gasteiger partial charge in [-0.15, -0.1) is 0 Å². The lowest BCUT2D eigenvalue weighted by molar-refractivity contribution is -0.135. The van der Waals surface area contributed by atoms with Gasteiger partial charge in [-0.1, -0.05) is 19.9 Å². The van der Waals surface area contributed by atoms with Crippen molar-refractivity contribution in [3.05, 3.63) is 47.5 Å². The number of nitrogens with one attached hydrogen (secondary N) is 1. The van der Waals surface area contributed by atoms with E-state index in [1.54, 1.807) is 14.2 Å². The quantitative estimate of drug-likeness (QED) is 0.589. The molecule has 0 saturated carbocycles. The lowest BCUT2D eigenvalue weighted by Gasteiger charge is -2.41. The number of methoxy groups -OCH3 is 2. The Balaban J connectivity index is 1.39. The van der Waals surface area contributed by atoms with Crippen LogP contribution < -0.4 is 24.3 Å². The van der Waals surface area contributed by atoms with E-state index >= 15 is 0 Å². The molecule has 0 aliphatic carbocycles. The maximum Gasteiger partial charge on any atom is 0.231 e. The average molecular weight is 469 g/mol. The van der Waals surface area contributed by atoms with Crippen LogP contribution in [0.4, 0.5) is 0 Å². The minimum Gasteiger partial charge on any atom is -0.497 e. The van der Waals surface area contributed by atoms with Gasteiger partial charge in [0.05, 0.1) is 19.6 Å². The van der Waals surface area contributed by atoms with E-state index in [0.717, 1.165) is 67.5 Å². The monoisotopic (exact) mass is 468 g/mol. The fraction of sp³-hybridized carbons (Fsp3) is 0.519. The number of amides is 1. The van der Waals surface area contributed by atoms with Gasteiger partial charge in [0, 0.05) is 19.2 Å². The van der Waals surface area contributed by atoms with Crippen molar-refractivity contribution in [1.82, 2.24) is 10.2 Å². The number of ether oxygens (including phenoxy) is 4. The Morgan fingerprint density at radius 3 is 2.32 bits per heavy atom. The standard InChI is InChI=1S/C27H36N2O5/c1-19(2)15-27(26(30)28-16-21-11-22(31-3)14-23(12-21)32-4)7-9-29(10-8-27)17-20-5-6-24-25(13-20)34-18-33-24/h5-6,11-14,19H,7-10,15-18H2,1-4H3,(H,28,30). The van der Waals surface area contributed by atoms with Crippen molar-refractivity contribution in [2.45, 2.75) is 46.2 Å². The van der Waals surface area contributed by atoms with Crippen LogP contribution in [0.3, 0.4) is 0 Å². The number of piperidine rings is 1. The first-order valence-corrected chi connectivity index (χ1v) is 12.0. The van der Waals surface area contributed by atoms with Crippen molar-refractivity contribution < 1.29 is 23.7 Å². The van der Waals surface area contributed by atoms with E-state index < -0.39 is 0 Å². The third-order valence-electron chi connectivity index (χ3n) is 6.80. The van der Waals surface area contributed by atoms with Gasteiger partial charge in [0.25, 0.3) is 0 Å². The normalized spacial score (nSPS) is 17.0. The molecule has 1 N–H and O–H groups in total. The summed E-state index contributed by atoms with van der Waals surface area (Å²) in [6.07, 6.45) is 2.59. The minimum absolute atomic E-state index is 0.144. The van der Waals surface area contributed by atoms with E-state index in [0.29, 0.717) is 12.5 Å². The first-order valence-electron chi connectivity index (χ1n) is 12.0. The second kappa shape index (κ2) is 10.6. The number of carbonyl (C=O) groups is 1. The van der Waals surface area contributed by atoms with Crippen LogP contribution in [0, 0.1) is 11.3 Å². The van der Waals surface area contributed by atoms with Gasteiger partial charge in [-0.05, 0) is 73.7 Å². The summed E-state index contributed by atoms with van der Waals surface area (Å²) in [5, 5.41) is 3.21. The van der Waals surface area contributed by atoms with Crippen LogP contribution in [0.25, 0.3) is 0 Å². The number of likely N-dealkylation sites (tertiary alicyclic amines) is 1. The summed E-state index contributed by atoms with van der Waals surface area (Å²) in [6, 6.07) is 11.8. The van der Waals surface area contributed by atoms with Gasteiger partial charge in [0.15, 0.2) is 11.5 Å². The van der Waals surface area contributed by atoms with Crippen molar-refractivity contribution in [2.75, 3.05) is 34.1 Å². The molecule has 0 radical (unpaired) electrons. The summed E-state index contributed by atoms with van der Waals surface area (Å²) >= 11 is 0. The summed E-state index contributed by atoms with van der Waals surface area (Å²) in [6.45, 7) is 7.76. The Morgan fingerprint density at radius 2 is 1.68 bits per heavy atom. The fourth-order valence-corrected chi connectivity index (χ4v) is 5.08. The molecule has 0 atom stereocenters. The number of carbonyl (C=O) groups excluding carboxylic acids is 1. The first-order chi connectivity index (χ1) is 16.4. The summed E-state index contributed by atoms with van der Waals surface area (Å²) in [7, 11) is 3.26. The van der Waals surface area contributed by atoms with Crippen LogP contribution in [0.1, 0.15) is 44.2 Å². The highest BCUT2D eigenvalue weighted by atomic mass is 16.7. The molecule has 1 fully saturated rings. The van der Waals surface area contributed by atoms with E-state index in [-0.39, 0.29) is 18.1 Å². The lowest BCUT2D eigenvalue weighted by Crippen LogP contribution is -2.49. The van der Waals surface area contributed by atoms with Gasteiger partial charge in [0.1, 0.15) is 11.5 Å². The topological polar surface area (TPSA) is 69.3 Å². The van der Waals surface area contributed by atoms with Gasteiger partial charge >= 0.3 is 0 Å². The molecular formula is C27H36N2O5. The fourth-order valence-electron chi connectivity index (χ4n) is 5.08. The van der Waals surface area contributed by atoms with Crippen LogP contribution in [0.2, 0.25) is 0 Å². The van der Waals surface area contributed by atoms with E-state index in [9.17, 15) is 4.79 Å². The van der Waals surface area contributed by atoms with Crippen molar-refractivity contribution in [2.24, 2.45) is 11.3 Å². The largest absolute Gasteiger partial charge is 0.497 e. The smallest absolute Gasteiger partial charge is 0.231 e. The molecule has 0 unspecified atom stereocenters. The Labute approximate surface area is 202 Å². The molecule has 184 valence electrons. The summed E-state index contributed by atoms with van der Waals surface area (Å²) < 4.78 is 21.7. The lowest BCUT2D eigenvalue weighted by atomic mass is 9.72. The first kappa shape index (κ1) is 24.2. The highest BCUT2D eigenvalue weighted by Crippen LogP contribution is 2.39. The molecule has 0 aromatic heterocycles. The molecule has 1 amide bonds. The number of hydrogen-bond donors (Lipinski definition) is 1. The maximum atomic E-state index is 13.5. The van der Waals surface area contributed by atoms with Gasteiger partial charge in [-0.25, -0.2) is 0 Å². The van der Waals surface area contributed by atoms with Gasteiger partial charge < -0.3 is 24.3 Å². The average Bonchev–Trinajstić information content (AvgIpc) is 3.31. The maximum absolute atomic E-state index is 13.5. The zero-order valence-corrected chi connectivity index (χ0v) is 20.7. The second-order valence-electron chi connectivity index (χ2n) is 9.75. The molecule has 7 nitrogen and oxygen atoms in total. The number of fused-ring (bicyclic) bond motifs is 1. The van der Waals surface area contributed by atoms with E-state index in [2.05, 4.69) is 36.2 Å². The van der Waals surface area contributed by atoms with Gasteiger partial charge in [-0.3, -0.25) is 9.69 Å². The Kier molecular flexibility index (Phi) is 7.51. The second-order valence-corrected chi connectivity index (χ2v) is 9.75. The zero-order valence-electron chi connectivity index (χ0n) is 20.7. The highest BCUT2D eigenvalue weighted by molar-refractivity contribution is 5.82. The number of hydrogen-bond acceptors (Lipinski definition) is 6. The molecule has 34 heavy (non-hydrogen) atoms. The minimum atomic E-state index is -0.345. The third kappa shape index (κ3) is 5.58. The van der Waals surface area contributed by atoms with E-state index in [4.69, 9.17) is 18.9 Å². The van der Waals surface area contributed by atoms with Crippen LogP contribution >= 0.6 is 0 Å². The van der Waals surface area contributed by atoms with Crippen LogP contribution in [0.5, 0.6) is 23.0 Å². The molecule has 2 aliphatic heterocycles. The van der Waals surface area contributed by atoms with E-state index in [1.807, 2.05) is 24.3 Å². The summed E-state index contributed by atoms with van der Waals surface area (Å²) in [5.74, 6) is 3.66. The van der Waals surface area contributed by atoms with Crippen molar-refractivity contribution >= 4 is 5.91 Å². The highest BCUT2D eigenvalue weighted by Gasteiger charge is 2.41. The predicted molar refractivity (Wildman–Crippen MR) is 130 cm³/mol. The molecule has 7 heteroatoms. The van der Waals surface area contributed by atoms with Crippen molar-refractivity contribution in [1.29, 1.82) is 0 Å². The molecule has 4 rings (SSSR count). The number of rotatable bonds is 9. The molecule has 0 spiro atoms. The van der Waals surface area contributed by atoms with Crippen LogP contribution in [-0.2, 0) is 17.9 Å². The zero-order chi connectivity index (χ0) is 24.1. The molecule has 2 aromatic carbocycles. The Bertz CT molecular complexity index is 976. The molecule has 1 saturated heterocycles. The molecule has 2 heterocycles. The predicted octanol–water partition coefficient (Wildman–Crippen LogP) is 4.38. The molecule has 2 aliphatic rings. The summed E-state index contributed by atoms with van der Waals surface area (Å²) in [5.41, 5.74) is 1.82. The Hall–Kier alpha value is -2.93. The van der Waals surface area contributed by atoms with E-state index in [1.165, 1.54) is 5.56 Å². The molecular weight excluding hydrogens is 432 g/mol. The molecule has 2 aromatic rings. The third-order valence-corrected chi connectivity index (χ3v) is 6.80. The molecule has 0 bridgehead atoms. The van der Waals surface area contributed by atoms with Crippen molar-refractivity contribution in [3.63, 3.8) is 0 Å². The SMILES string of the molecule is COc1cc(CNC(=O)C2(CC(C)C)CCN(Cc3ccc4c(c3)OCO4)CC2)cc(OC)c1. The van der Waals surface area contributed by atoms with Gasteiger partial charge in [0.2, 0.25) is 12.7 Å². The summed E-state index contributed by atoms with van der Waals surface area (Å²) in [4.78, 5) is 15.9. The number of benzene rings is 2. The van der Waals surface area contributed by atoms with Crippen LogP contribution in [-0.4, -0.2) is 44.9 Å². The number of nitrogens with zero attached hydrogens (tertiary/aromatic N) is 1. The van der Waals surface area contributed by atoms with Gasteiger partial charge in [-0.2, -0.15) is 0 Å². The van der Waals surface area contributed by atoms with Crippen LogP contribution in [0.15, 0.2) is 36.4 Å². The van der Waals surface area contributed by atoms with Crippen molar-refractivity contribution in [3.8, 4) is 23.0 Å².